The first-order valence-electron chi connectivity index (χ1n) is 5.88. The van der Waals surface area contributed by atoms with Crippen molar-refractivity contribution >= 4 is 21.7 Å². The van der Waals surface area contributed by atoms with E-state index in [2.05, 4.69) is 20.9 Å². The number of hydrogen-bond acceptors (Lipinski definition) is 4. The van der Waals surface area contributed by atoms with E-state index in [-0.39, 0.29) is 16.4 Å². The first-order chi connectivity index (χ1) is 8.47. The highest BCUT2D eigenvalue weighted by molar-refractivity contribution is 9.09. The van der Waals surface area contributed by atoms with Crippen molar-refractivity contribution in [2.45, 2.75) is 24.7 Å². The molecule has 1 rings (SSSR count). The Hall–Kier alpha value is -0.880. The van der Waals surface area contributed by atoms with Crippen molar-refractivity contribution in [1.82, 2.24) is 9.55 Å². The van der Waals surface area contributed by atoms with Crippen LogP contribution in [-0.4, -0.2) is 41.7 Å². The fourth-order valence-electron chi connectivity index (χ4n) is 1.70. The lowest BCUT2D eigenvalue weighted by molar-refractivity contribution is 0.201. The molecule has 0 aliphatic carbocycles. The Bertz CT molecular complexity index is 434. The van der Waals surface area contributed by atoms with E-state index in [1.165, 1.54) is 0 Å². The molecule has 1 atom stereocenters. The summed E-state index contributed by atoms with van der Waals surface area (Å²) in [5, 5.41) is 0. The minimum absolute atomic E-state index is 0.0629. The van der Waals surface area contributed by atoms with E-state index in [1.807, 2.05) is 25.8 Å². The third-order valence-corrected chi connectivity index (χ3v) is 3.14. The maximum Gasteiger partial charge on any atom is 0.293 e. The van der Waals surface area contributed by atoms with E-state index < -0.39 is 0 Å². The minimum Gasteiger partial charge on any atom is -0.383 e. The van der Waals surface area contributed by atoms with Crippen LogP contribution in [0, 0.1) is 0 Å². The molecule has 0 aromatic carbocycles. The van der Waals surface area contributed by atoms with Crippen LogP contribution >= 0.6 is 15.9 Å². The lowest BCUT2D eigenvalue weighted by Crippen LogP contribution is -2.35. The Morgan fingerprint density at radius 1 is 1.56 bits per heavy atom. The molecule has 18 heavy (non-hydrogen) atoms. The zero-order chi connectivity index (χ0) is 13.7. The van der Waals surface area contributed by atoms with Crippen molar-refractivity contribution in [2.24, 2.45) is 0 Å². The Morgan fingerprint density at radius 3 is 2.78 bits per heavy atom. The lowest BCUT2D eigenvalue weighted by Gasteiger charge is -2.21. The van der Waals surface area contributed by atoms with Crippen LogP contribution in [0.1, 0.15) is 19.9 Å². The summed E-state index contributed by atoms with van der Waals surface area (Å²) in [6.07, 6.45) is 3.37. The average Bonchev–Trinajstić information content (AvgIpc) is 2.28. The molecule has 102 valence electrons. The van der Waals surface area contributed by atoms with Crippen molar-refractivity contribution in [3.8, 4) is 0 Å². The van der Waals surface area contributed by atoms with Crippen LogP contribution < -0.4 is 10.5 Å². The SMILES string of the molecule is COCC(Br)CN(C)c1nccn(C(C)C)c1=O. The third-order valence-electron chi connectivity index (χ3n) is 2.59. The number of hydrogen-bond donors (Lipinski definition) is 0. The molecule has 0 N–H and O–H groups in total. The second kappa shape index (κ2) is 6.89. The van der Waals surface area contributed by atoms with Gasteiger partial charge in [0.1, 0.15) is 0 Å². The lowest BCUT2D eigenvalue weighted by atomic mass is 10.3. The van der Waals surface area contributed by atoms with Gasteiger partial charge in [-0.15, -0.1) is 0 Å². The zero-order valence-electron chi connectivity index (χ0n) is 11.3. The molecule has 0 amide bonds. The van der Waals surface area contributed by atoms with Gasteiger partial charge in [-0.3, -0.25) is 4.79 Å². The van der Waals surface area contributed by atoms with E-state index in [1.54, 1.807) is 24.1 Å². The molecule has 0 saturated heterocycles. The topological polar surface area (TPSA) is 47.4 Å². The summed E-state index contributed by atoms with van der Waals surface area (Å²) in [7, 11) is 3.51. The Morgan fingerprint density at radius 2 is 2.22 bits per heavy atom. The van der Waals surface area contributed by atoms with E-state index in [4.69, 9.17) is 4.74 Å². The van der Waals surface area contributed by atoms with Gasteiger partial charge in [0.2, 0.25) is 0 Å². The molecule has 5 nitrogen and oxygen atoms in total. The second-order valence-electron chi connectivity index (χ2n) is 4.49. The van der Waals surface area contributed by atoms with Gasteiger partial charge in [-0.05, 0) is 13.8 Å². The number of anilines is 1. The number of aromatic nitrogens is 2. The monoisotopic (exact) mass is 317 g/mol. The van der Waals surface area contributed by atoms with Crippen molar-refractivity contribution in [3.05, 3.63) is 22.7 Å². The number of alkyl halides is 1. The second-order valence-corrected chi connectivity index (χ2v) is 5.79. The van der Waals surface area contributed by atoms with Gasteiger partial charge in [0.15, 0.2) is 5.82 Å². The predicted octanol–water partition coefficient (Wildman–Crippen LogP) is 1.67. The van der Waals surface area contributed by atoms with Gasteiger partial charge >= 0.3 is 0 Å². The van der Waals surface area contributed by atoms with Crippen LogP contribution in [0.3, 0.4) is 0 Å². The van der Waals surface area contributed by atoms with E-state index in [0.717, 1.165) is 0 Å². The molecule has 0 aliphatic rings. The van der Waals surface area contributed by atoms with Crippen molar-refractivity contribution in [3.63, 3.8) is 0 Å². The van der Waals surface area contributed by atoms with Gasteiger partial charge < -0.3 is 14.2 Å². The van der Waals surface area contributed by atoms with E-state index in [9.17, 15) is 4.79 Å². The fraction of sp³-hybridized carbons (Fsp3) is 0.667. The number of rotatable bonds is 6. The van der Waals surface area contributed by atoms with Crippen LogP contribution in [0.15, 0.2) is 17.2 Å². The molecule has 0 bridgehead atoms. The van der Waals surface area contributed by atoms with Crippen LogP contribution in [-0.2, 0) is 4.74 Å². The number of halogens is 1. The molecule has 0 radical (unpaired) electrons. The molecule has 0 spiro atoms. The Labute approximate surface area is 116 Å². The maximum atomic E-state index is 12.2. The first-order valence-corrected chi connectivity index (χ1v) is 6.80. The highest BCUT2D eigenvalue weighted by Crippen LogP contribution is 2.08. The summed E-state index contributed by atoms with van der Waals surface area (Å²) < 4.78 is 6.73. The van der Waals surface area contributed by atoms with Gasteiger partial charge in [0.25, 0.3) is 5.56 Å². The largest absolute Gasteiger partial charge is 0.383 e. The van der Waals surface area contributed by atoms with Crippen molar-refractivity contribution in [1.29, 1.82) is 0 Å². The average molecular weight is 318 g/mol. The summed E-state index contributed by atoms with van der Waals surface area (Å²) in [6.45, 7) is 5.21. The standard InChI is InChI=1S/C12H20BrN3O2/c1-9(2)16-6-5-14-11(12(16)17)15(3)7-10(13)8-18-4/h5-6,9-10H,7-8H2,1-4H3. The van der Waals surface area contributed by atoms with Crippen LogP contribution in [0.2, 0.25) is 0 Å². The van der Waals surface area contributed by atoms with Gasteiger partial charge in [-0.25, -0.2) is 4.98 Å². The quantitative estimate of drug-likeness (QED) is 0.749. The molecular formula is C12H20BrN3O2. The van der Waals surface area contributed by atoms with E-state index >= 15 is 0 Å². The summed E-state index contributed by atoms with van der Waals surface area (Å²) in [6, 6.07) is 0.131. The number of ether oxygens (including phenoxy) is 1. The molecule has 1 heterocycles. The highest BCUT2D eigenvalue weighted by atomic mass is 79.9. The minimum atomic E-state index is -0.0629. The molecule has 0 aliphatic heterocycles. The van der Waals surface area contributed by atoms with Crippen molar-refractivity contribution in [2.75, 3.05) is 32.2 Å². The molecule has 0 fully saturated rings. The molecule has 1 aromatic rings. The Balaban J connectivity index is 2.89. The predicted molar refractivity (Wildman–Crippen MR) is 76.7 cm³/mol. The fourth-order valence-corrected chi connectivity index (χ4v) is 2.40. The van der Waals surface area contributed by atoms with Gasteiger partial charge in [-0.1, -0.05) is 15.9 Å². The third kappa shape index (κ3) is 3.81. The zero-order valence-corrected chi connectivity index (χ0v) is 12.8. The van der Waals surface area contributed by atoms with Gasteiger partial charge in [0, 0.05) is 39.1 Å². The first kappa shape index (κ1) is 15.2. The molecule has 1 unspecified atom stereocenters. The van der Waals surface area contributed by atoms with Crippen LogP contribution in [0.5, 0.6) is 0 Å². The van der Waals surface area contributed by atoms with E-state index in [0.29, 0.717) is 19.0 Å². The highest BCUT2D eigenvalue weighted by Gasteiger charge is 2.14. The van der Waals surface area contributed by atoms with Crippen LogP contribution in [0.4, 0.5) is 5.82 Å². The summed E-state index contributed by atoms with van der Waals surface area (Å²) in [5.74, 6) is 0.465. The summed E-state index contributed by atoms with van der Waals surface area (Å²) in [4.78, 5) is 18.4. The Kier molecular flexibility index (Phi) is 5.81. The summed E-state index contributed by atoms with van der Waals surface area (Å²) >= 11 is 3.50. The molecule has 1 aromatic heterocycles. The van der Waals surface area contributed by atoms with Crippen LogP contribution in [0.25, 0.3) is 0 Å². The number of methoxy groups -OCH3 is 1. The van der Waals surface area contributed by atoms with Gasteiger partial charge in [-0.2, -0.15) is 0 Å². The summed E-state index contributed by atoms with van der Waals surface area (Å²) in [5.41, 5.74) is -0.0629. The molecule has 6 heteroatoms. The maximum absolute atomic E-state index is 12.2. The normalized spacial score (nSPS) is 12.8. The van der Waals surface area contributed by atoms with Gasteiger partial charge in [0.05, 0.1) is 11.4 Å². The smallest absolute Gasteiger partial charge is 0.293 e. The molecule has 0 saturated carbocycles. The number of nitrogens with zero attached hydrogens (tertiary/aromatic N) is 3. The molecular weight excluding hydrogens is 298 g/mol. The van der Waals surface area contributed by atoms with Crippen molar-refractivity contribution < 1.29 is 4.74 Å².